The van der Waals surface area contributed by atoms with E-state index in [1.165, 1.54) is 17.8 Å². The Kier molecular flexibility index (Phi) is 7.35. The smallest absolute Gasteiger partial charge is 0.223 e. The van der Waals surface area contributed by atoms with Gasteiger partial charge in [0.2, 0.25) is 5.91 Å². The number of piperidine rings is 1. The van der Waals surface area contributed by atoms with Gasteiger partial charge in [-0.15, -0.1) is 11.3 Å². The molecule has 2 aromatic heterocycles. The van der Waals surface area contributed by atoms with Crippen LogP contribution in [0.2, 0.25) is 0 Å². The van der Waals surface area contributed by atoms with E-state index in [1.54, 1.807) is 0 Å². The lowest BCUT2D eigenvalue weighted by Crippen LogP contribution is -2.50. The molecule has 2 aliphatic heterocycles. The number of ketones is 1. The second-order valence-electron chi connectivity index (χ2n) is 8.66. The normalized spacial score (nSPS) is 20.1. The maximum atomic E-state index is 12.7. The van der Waals surface area contributed by atoms with Crippen molar-refractivity contribution < 1.29 is 9.59 Å². The summed E-state index contributed by atoms with van der Waals surface area (Å²) in [4.78, 5) is 38.3. The molecule has 6 nitrogen and oxygen atoms in total. The van der Waals surface area contributed by atoms with Crippen LogP contribution in [0, 0.1) is 12.8 Å². The van der Waals surface area contributed by atoms with Gasteiger partial charge in [0.15, 0.2) is 5.78 Å². The van der Waals surface area contributed by atoms with Gasteiger partial charge in [0.25, 0.3) is 0 Å². The fourth-order valence-corrected chi connectivity index (χ4v) is 5.43. The van der Waals surface area contributed by atoms with Gasteiger partial charge in [0, 0.05) is 69.7 Å². The average Bonchev–Trinajstić information content (AvgIpc) is 3.25. The molecule has 1 atom stereocenters. The van der Waals surface area contributed by atoms with E-state index in [2.05, 4.69) is 20.9 Å². The first-order valence-corrected chi connectivity index (χ1v) is 12.2. The van der Waals surface area contributed by atoms with Gasteiger partial charge in [0.05, 0.1) is 4.88 Å². The molecule has 0 N–H and O–H groups in total. The first-order chi connectivity index (χ1) is 15.1. The number of nitrogens with zero attached hydrogens (tertiary/aromatic N) is 4. The summed E-state index contributed by atoms with van der Waals surface area (Å²) in [6.45, 7) is 8.77. The van der Waals surface area contributed by atoms with Crippen LogP contribution in [-0.4, -0.2) is 72.3 Å². The summed E-state index contributed by atoms with van der Waals surface area (Å²) in [6.07, 6.45) is 4.73. The van der Waals surface area contributed by atoms with E-state index in [9.17, 15) is 9.59 Å². The number of aryl methyl sites for hydroxylation is 1. The van der Waals surface area contributed by atoms with Crippen LogP contribution >= 0.6 is 11.3 Å². The molecule has 2 saturated heterocycles. The molecule has 4 rings (SSSR count). The third-order valence-corrected chi connectivity index (χ3v) is 7.36. The number of anilines is 1. The Morgan fingerprint density at radius 3 is 2.61 bits per heavy atom. The molecule has 0 radical (unpaired) electrons. The van der Waals surface area contributed by atoms with Crippen LogP contribution in [0.4, 0.5) is 5.82 Å². The predicted molar refractivity (Wildman–Crippen MR) is 125 cm³/mol. The molecular formula is C24H32N4O2S. The highest BCUT2D eigenvalue weighted by Gasteiger charge is 2.27. The molecule has 166 valence electrons. The predicted octanol–water partition coefficient (Wildman–Crippen LogP) is 3.48. The Morgan fingerprint density at radius 2 is 1.90 bits per heavy atom. The number of rotatable bonds is 7. The maximum absolute atomic E-state index is 12.7. The average molecular weight is 441 g/mol. The Balaban J connectivity index is 1.20. The number of hydrogen-bond donors (Lipinski definition) is 0. The van der Waals surface area contributed by atoms with Crippen LogP contribution in [0.1, 0.15) is 40.2 Å². The summed E-state index contributed by atoms with van der Waals surface area (Å²) in [5.74, 6) is 1.80. The number of pyridine rings is 1. The van der Waals surface area contributed by atoms with E-state index in [0.717, 1.165) is 67.8 Å². The second kappa shape index (κ2) is 10.4. The van der Waals surface area contributed by atoms with Gasteiger partial charge in [-0.25, -0.2) is 4.98 Å². The van der Waals surface area contributed by atoms with Gasteiger partial charge < -0.3 is 9.80 Å². The van der Waals surface area contributed by atoms with Crippen LogP contribution in [0.3, 0.4) is 0 Å². The van der Waals surface area contributed by atoms with E-state index >= 15 is 0 Å². The van der Waals surface area contributed by atoms with Crippen LogP contribution < -0.4 is 4.90 Å². The molecule has 7 heteroatoms. The summed E-state index contributed by atoms with van der Waals surface area (Å²) in [5.41, 5.74) is 0. The SMILES string of the molecule is Cc1ccc(C(=O)CCC(=O)N2CCCC(CN3CCN(c4ccccn4)CC3)C2)s1. The molecule has 4 heterocycles. The molecule has 0 aromatic carbocycles. The summed E-state index contributed by atoms with van der Waals surface area (Å²) in [7, 11) is 0. The molecule has 1 amide bonds. The third kappa shape index (κ3) is 5.92. The van der Waals surface area contributed by atoms with Crippen molar-refractivity contribution >= 4 is 28.8 Å². The number of Topliss-reactive ketones (excluding diaryl/α,β-unsaturated/α-hetero) is 1. The van der Waals surface area contributed by atoms with Gasteiger partial charge in [0.1, 0.15) is 5.82 Å². The van der Waals surface area contributed by atoms with E-state index in [0.29, 0.717) is 18.8 Å². The molecule has 0 spiro atoms. The number of likely N-dealkylation sites (tertiary alicyclic amines) is 1. The van der Waals surface area contributed by atoms with Gasteiger partial charge in [-0.2, -0.15) is 0 Å². The summed E-state index contributed by atoms with van der Waals surface area (Å²) < 4.78 is 0. The van der Waals surface area contributed by atoms with Crippen molar-refractivity contribution in [3.63, 3.8) is 0 Å². The van der Waals surface area contributed by atoms with Crippen LogP contribution in [-0.2, 0) is 4.79 Å². The number of hydrogen-bond acceptors (Lipinski definition) is 6. The second-order valence-corrected chi connectivity index (χ2v) is 9.94. The summed E-state index contributed by atoms with van der Waals surface area (Å²) in [6, 6.07) is 9.90. The topological polar surface area (TPSA) is 56.8 Å². The molecule has 0 bridgehead atoms. The fourth-order valence-electron chi connectivity index (χ4n) is 4.59. The highest BCUT2D eigenvalue weighted by Crippen LogP contribution is 2.22. The molecule has 2 aromatic rings. The Labute approximate surface area is 188 Å². The van der Waals surface area contributed by atoms with Crippen molar-refractivity contribution in [2.75, 3.05) is 50.7 Å². The van der Waals surface area contributed by atoms with Crippen LogP contribution in [0.25, 0.3) is 0 Å². The van der Waals surface area contributed by atoms with E-state index in [1.807, 2.05) is 42.3 Å². The first kappa shape index (κ1) is 22.0. The standard InChI is InChI=1S/C24H32N4O2S/c1-19-7-9-22(31-19)21(29)8-10-24(30)28-12-4-5-20(18-28)17-26-13-15-27(16-14-26)23-6-2-3-11-25-23/h2-3,6-7,9,11,20H,4-5,8,10,12-18H2,1H3. The van der Waals surface area contributed by atoms with Gasteiger partial charge in [-0.05, 0) is 49.9 Å². The van der Waals surface area contributed by atoms with Crippen molar-refractivity contribution in [1.82, 2.24) is 14.8 Å². The molecule has 2 fully saturated rings. The molecular weight excluding hydrogens is 408 g/mol. The van der Waals surface area contributed by atoms with Gasteiger partial charge >= 0.3 is 0 Å². The minimum absolute atomic E-state index is 0.0887. The number of piperazine rings is 1. The number of aromatic nitrogens is 1. The van der Waals surface area contributed by atoms with Crippen molar-refractivity contribution in [2.45, 2.75) is 32.6 Å². The Hall–Kier alpha value is -2.25. The Morgan fingerprint density at radius 1 is 1.06 bits per heavy atom. The highest BCUT2D eigenvalue weighted by molar-refractivity contribution is 7.14. The number of carbonyl (C=O) groups is 2. The van der Waals surface area contributed by atoms with Crippen molar-refractivity contribution in [2.24, 2.45) is 5.92 Å². The lowest BCUT2D eigenvalue weighted by molar-refractivity contribution is -0.133. The maximum Gasteiger partial charge on any atom is 0.223 e. The fraction of sp³-hybridized carbons (Fsp3) is 0.542. The minimum atomic E-state index is 0.0887. The molecule has 0 aliphatic carbocycles. The van der Waals surface area contributed by atoms with Gasteiger partial charge in [-0.3, -0.25) is 14.5 Å². The molecule has 0 saturated carbocycles. The van der Waals surface area contributed by atoms with Crippen LogP contribution in [0.15, 0.2) is 36.5 Å². The molecule has 2 aliphatic rings. The monoisotopic (exact) mass is 440 g/mol. The first-order valence-electron chi connectivity index (χ1n) is 11.3. The summed E-state index contributed by atoms with van der Waals surface area (Å²) in [5, 5.41) is 0. The lowest BCUT2D eigenvalue weighted by Gasteiger charge is -2.39. The third-order valence-electron chi connectivity index (χ3n) is 6.31. The molecule has 31 heavy (non-hydrogen) atoms. The largest absolute Gasteiger partial charge is 0.354 e. The zero-order valence-corrected chi connectivity index (χ0v) is 19.1. The lowest BCUT2D eigenvalue weighted by atomic mass is 9.96. The Bertz CT molecular complexity index is 877. The number of thiophene rings is 1. The van der Waals surface area contributed by atoms with Crippen molar-refractivity contribution in [3.8, 4) is 0 Å². The number of amides is 1. The van der Waals surface area contributed by atoms with Gasteiger partial charge in [-0.1, -0.05) is 6.07 Å². The zero-order chi connectivity index (χ0) is 21.6. The zero-order valence-electron chi connectivity index (χ0n) is 18.3. The number of carbonyl (C=O) groups excluding carboxylic acids is 2. The summed E-state index contributed by atoms with van der Waals surface area (Å²) >= 11 is 1.51. The quantitative estimate of drug-likeness (QED) is 0.617. The van der Waals surface area contributed by atoms with Crippen molar-refractivity contribution in [3.05, 3.63) is 46.3 Å². The highest BCUT2D eigenvalue weighted by atomic mass is 32.1. The van der Waals surface area contributed by atoms with E-state index < -0.39 is 0 Å². The van der Waals surface area contributed by atoms with E-state index in [-0.39, 0.29) is 11.7 Å². The minimum Gasteiger partial charge on any atom is -0.354 e. The van der Waals surface area contributed by atoms with Crippen LogP contribution in [0.5, 0.6) is 0 Å². The van der Waals surface area contributed by atoms with E-state index in [4.69, 9.17) is 0 Å². The molecule has 1 unspecified atom stereocenters. The van der Waals surface area contributed by atoms with Crippen molar-refractivity contribution in [1.29, 1.82) is 0 Å².